The Labute approximate surface area is 121 Å². The molecule has 1 aromatic heterocycles. The molecule has 2 aromatic rings. The molecule has 0 aliphatic rings. The van der Waals surface area contributed by atoms with Crippen molar-refractivity contribution in [2.75, 3.05) is 5.32 Å². The van der Waals surface area contributed by atoms with Crippen LogP contribution in [0.1, 0.15) is 22.8 Å². The summed E-state index contributed by atoms with van der Waals surface area (Å²) in [6.07, 6.45) is 3.29. The molecule has 0 bridgehead atoms. The number of anilines is 1. The highest BCUT2D eigenvalue weighted by Gasteiger charge is 2.06. The van der Waals surface area contributed by atoms with Crippen LogP contribution < -0.4 is 10.6 Å². The standard InChI is InChI=1S/C14H16N4O3/c1-2-18-9-12(8-16-18)17-14(21)15-7-10-4-3-5-11(6-10)13(19)20/h3-6,8-9H,2,7H2,1H3,(H,19,20)(H2,15,17,21). The van der Waals surface area contributed by atoms with Crippen LogP contribution in [-0.4, -0.2) is 26.9 Å². The normalized spacial score (nSPS) is 10.1. The van der Waals surface area contributed by atoms with E-state index in [0.717, 1.165) is 6.54 Å². The van der Waals surface area contributed by atoms with E-state index in [1.807, 2.05) is 6.92 Å². The van der Waals surface area contributed by atoms with Gasteiger partial charge in [-0.1, -0.05) is 12.1 Å². The van der Waals surface area contributed by atoms with Crippen molar-refractivity contribution in [3.63, 3.8) is 0 Å². The van der Waals surface area contributed by atoms with Gasteiger partial charge in [-0.25, -0.2) is 9.59 Å². The van der Waals surface area contributed by atoms with E-state index in [1.165, 1.54) is 12.1 Å². The lowest BCUT2D eigenvalue weighted by atomic mass is 10.1. The van der Waals surface area contributed by atoms with E-state index in [4.69, 9.17) is 5.11 Å². The highest BCUT2D eigenvalue weighted by molar-refractivity contribution is 5.89. The summed E-state index contributed by atoms with van der Waals surface area (Å²) in [5.41, 5.74) is 1.52. The second-order valence-electron chi connectivity index (χ2n) is 4.40. The third-order valence-electron chi connectivity index (χ3n) is 2.84. The van der Waals surface area contributed by atoms with Crippen LogP contribution in [0.3, 0.4) is 0 Å². The summed E-state index contributed by atoms with van der Waals surface area (Å²) in [6.45, 7) is 2.92. The molecule has 0 unspecified atom stereocenters. The topological polar surface area (TPSA) is 96.2 Å². The number of aryl methyl sites for hydroxylation is 1. The first-order chi connectivity index (χ1) is 10.1. The Bertz CT molecular complexity index is 651. The number of aromatic nitrogens is 2. The minimum Gasteiger partial charge on any atom is -0.478 e. The summed E-state index contributed by atoms with van der Waals surface area (Å²) in [7, 11) is 0. The fraction of sp³-hybridized carbons (Fsp3) is 0.214. The average molecular weight is 288 g/mol. The van der Waals surface area contributed by atoms with Crippen molar-refractivity contribution in [1.82, 2.24) is 15.1 Å². The first-order valence-electron chi connectivity index (χ1n) is 6.48. The fourth-order valence-electron chi connectivity index (χ4n) is 1.77. The molecule has 1 heterocycles. The predicted molar refractivity (Wildman–Crippen MR) is 77.2 cm³/mol. The minimum absolute atomic E-state index is 0.193. The summed E-state index contributed by atoms with van der Waals surface area (Å²) in [4.78, 5) is 22.6. The minimum atomic E-state index is -0.992. The van der Waals surface area contributed by atoms with Gasteiger partial charge >= 0.3 is 12.0 Å². The number of carbonyl (C=O) groups excluding carboxylic acids is 1. The maximum Gasteiger partial charge on any atom is 0.335 e. The van der Waals surface area contributed by atoms with Crippen molar-refractivity contribution in [2.24, 2.45) is 0 Å². The van der Waals surface area contributed by atoms with Crippen molar-refractivity contribution in [1.29, 1.82) is 0 Å². The van der Waals surface area contributed by atoms with E-state index in [-0.39, 0.29) is 18.1 Å². The van der Waals surface area contributed by atoms with Gasteiger partial charge in [-0.15, -0.1) is 0 Å². The van der Waals surface area contributed by atoms with Crippen LogP contribution in [0, 0.1) is 0 Å². The highest BCUT2D eigenvalue weighted by atomic mass is 16.4. The van der Waals surface area contributed by atoms with Crippen LogP contribution in [0.2, 0.25) is 0 Å². The van der Waals surface area contributed by atoms with Gasteiger partial charge in [0.25, 0.3) is 0 Å². The van der Waals surface area contributed by atoms with E-state index in [2.05, 4.69) is 15.7 Å². The zero-order chi connectivity index (χ0) is 15.2. The van der Waals surface area contributed by atoms with Crippen LogP contribution in [0.25, 0.3) is 0 Å². The van der Waals surface area contributed by atoms with Gasteiger partial charge in [0, 0.05) is 19.3 Å². The number of carbonyl (C=O) groups is 2. The number of hydrogen-bond donors (Lipinski definition) is 3. The lowest BCUT2D eigenvalue weighted by Gasteiger charge is -2.06. The van der Waals surface area contributed by atoms with Gasteiger partial charge in [0.15, 0.2) is 0 Å². The van der Waals surface area contributed by atoms with Crippen LogP contribution in [0.15, 0.2) is 36.7 Å². The second-order valence-corrected chi connectivity index (χ2v) is 4.40. The van der Waals surface area contributed by atoms with E-state index >= 15 is 0 Å². The number of rotatable bonds is 5. The predicted octanol–water partition coefficient (Wildman–Crippen LogP) is 1.92. The number of carboxylic acids is 1. The van der Waals surface area contributed by atoms with E-state index < -0.39 is 5.97 Å². The third-order valence-corrected chi connectivity index (χ3v) is 2.84. The molecule has 0 atom stereocenters. The van der Waals surface area contributed by atoms with Gasteiger partial charge in [-0.2, -0.15) is 5.10 Å². The number of carboxylic acid groups (broad SMARTS) is 1. The molecule has 1 aromatic carbocycles. The first-order valence-corrected chi connectivity index (χ1v) is 6.48. The van der Waals surface area contributed by atoms with Crippen molar-refractivity contribution >= 4 is 17.7 Å². The molecule has 110 valence electrons. The van der Waals surface area contributed by atoms with Gasteiger partial charge in [-0.3, -0.25) is 4.68 Å². The van der Waals surface area contributed by atoms with Crippen LogP contribution >= 0.6 is 0 Å². The molecule has 21 heavy (non-hydrogen) atoms. The zero-order valence-electron chi connectivity index (χ0n) is 11.5. The molecule has 0 saturated heterocycles. The van der Waals surface area contributed by atoms with Gasteiger partial charge in [0.2, 0.25) is 0 Å². The summed E-state index contributed by atoms with van der Waals surface area (Å²) < 4.78 is 1.70. The number of urea groups is 1. The molecule has 0 aliphatic carbocycles. The molecular weight excluding hydrogens is 272 g/mol. The van der Waals surface area contributed by atoms with Gasteiger partial charge in [-0.05, 0) is 24.6 Å². The summed E-state index contributed by atoms with van der Waals surface area (Å²) in [5, 5.41) is 18.3. The number of nitrogens with one attached hydrogen (secondary N) is 2. The maximum absolute atomic E-state index is 11.7. The number of nitrogens with zero attached hydrogens (tertiary/aromatic N) is 2. The Morgan fingerprint density at radius 2 is 2.19 bits per heavy atom. The van der Waals surface area contributed by atoms with Crippen LogP contribution in [-0.2, 0) is 13.1 Å². The molecular formula is C14H16N4O3. The summed E-state index contributed by atoms with van der Waals surface area (Å²) in [5.74, 6) is -0.992. The molecule has 0 radical (unpaired) electrons. The van der Waals surface area contributed by atoms with Crippen molar-refractivity contribution in [2.45, 2.75) is 20.0 Å². The highest BCUT2D eigenvalue weighted by Crippen LogP contribution is 2.06. The van der Waals surface area contributed by atoms with Gasteiger partial charge in [0.1, 0.15) is 0 Å². The largest absolute Gasteiger partial charge is 0.478 e. The molecule has 2 rings (SSSR count). The van der Waals surface area contributed by atoms with Crippen molar-refractivity contribution < 1.29 is 14.7 Å². The molecule has 3 N–H and O–H groups in total. The lowest BCUT2D eigenvalue weighted by molar-refractivity contribution is 0.0696. The van der Waals surface area contributed by atoms with E-state index in [9.17, 15) is 9.59 Å². The number of benzene rings is 1. The third kappa shape index (κ3) is 4.07. The smallest absolute Gasteiger partial charge is 0.335 e. The van der Waals surface area contributed by atoms with E-state index in [1.54, 1.807) is 29.2 Å². The zero-order valence-corrected chi connectivity index (χ0v) is 11.5. The summed E-state index contributed by atoms with van der Waals surface area (Å²) in [6, 6.07) is 6.06. The Kier molecular flexibility index (Phi) is 4.55. The molecule has 0 aliphatic heterocycles. The van der Waals surface area contributed by atoms with Crippen LogP contribution in [0.4, 0.5) is 10.5 Å². The Morgan fingerprint density at radius 3 is 2.86 bits per heavy atom. The van der Waals surface area contributed by atoms with Crippen LogP contribution in [0.5, 0.6) is 0 Å². The maximum atomic E-state index is 11.7. The molecule has 0 spiro atoms. The number of amides is 2. The Balaban J connectivity index is 1.89. The number of aromatic carboxylic acids is 1. The SMILES string of the molecule is CCn1cc(NC(=O)NCc2cccc(C(=O)O)c2)cn1. The van der Waals surface area contributed by atoms with E-state index in [0.29, 0.717) is 11.3 Å². The Hall–Kier alpha value is -2.83. The average Bonchev–Trinajstić information content (AvgIpc) is 2.93. The van der Waals surface area contributed by atoms with Gasteiger partial charge < -0.3 is 15.7 Å². The monoisotopic (exact) mass is 288 g/mol. The quantitative estimate of drug-likeness (QED) is 0.783. The molecule has 0 fully saturated rings. The lowest BCUT2D eigenvalue weighted by Crippen LogP contribution is -2.28. The second kappa shape index (κ2) is 6.56. The summed E-state index contributed by atoms with van der Waals surface area (Å²) >= 11 is 0. The molecule has 7 nitrogen and oxygen atoms in total. The van der Waals surface area contributed by atoms with Crippen molar-refractivity contribution in [3.05, 3.63) is 47.8 Å². The molecule has 2 amide bonds. The Morgan fingerprint density at radius 1 is 1.38 bits per heavy atom. The van der Waals surface area contributed by atoms with Gasteiger partial charge in [0.05, 0.1) is 17.4 Å². The number of hydrogen-bond acceptors (Lipinski definition) is 3. The fourth-order valence-corrected chi connectivity index (χ4v) is 1.77. The molecule has 7 heteroatoms. The first kappa shape index (κ1) is 14.6. The molecule has 0 saturated carbocycles. The van der Waals surface area contributed by atoms with Crippen molar-refractivity contribution in [3.8, 4) is 0 Å².